The summed E-state index contributed by atoms with van der Waals surface area (Å²) >= 11 is 3.43. The zero-order valence-electron chi connectivity index (χ0n) is 15.8. The van der Waals surface area contributed by atoms with E-state index in [4.69, 9.17) is 10.2 Å². The molecule has 144 valence electrons. The van der Waals surface area contributed by atoms with Crippen LogP contribution in [-0.2, 0) is 0 Å². The molecule has 0 unspecified atom stereocenters. The van der Waals surface area contributed by atoms with Gasteiger partial charge in [-0.25, -0.2) is 0 Å². The Bertz CT molecular complexity index is 1260. The van der Waals surface area contributed by atoms with Crippen molar-refractivity contribution in [3.8, 4) is 22.5 Å². The van der Waals surface area contributed by atoms with Crippen LogP contribution in [0.2, 0.25) is 0 Å². The average Bonchev–Trinajstić information content (AvgIpc) is 2.70. The van der Waals surface area contributed by atoms with Gasteiger partial charge in [-0.1, -0.05) is 61.0 Å². The first-order valence-electron chi connectivity index (χ1n) is 9.83. The molecule has 1 heterocycles. The third-order valence-corrected chi connectivity index (χ3v) is 6.51. The molecule has 0 atom stereocenters. The summed E-state index contributed by atoms with van der Waals surface area (Å²) in [7, 11) is 0. The summed E-state index contributed by atoms with van der Waals surface area (Å²) in [4.78, 5) is 13.6. The highest BCUT2D eigenvalue weighted by molar-refractivity contribution is 9.10. The molecule has 0 amide bonds. The van der Waals surface area contributed by atoms with E-state index in [0.29, 0.717) is 38.4 Å². The van der Waals surface area contributed by atoms with Gasteiger partial charge in [0.05, 0.1) is 10.9 Å². The molecular weight excluding hydrogens is 426 g/mol. The van der Waals surface area contributed by atoms with Gasteiger partial charge in [0.1, 0.15) is 11.3 Å². The molecule has 5 rings (SSSR count). The van der Waals surface area contributed by atoms with Crippen molar-refractivity contribution in [1.82, 2.24) is 0 Å². The zero-order chi connectivity index (χ0) is 20.0. The molecule has 1 fully saturated rings. The minimum atomic E-state index is -0.0535. The molecule has 0 aliphatic heterocycles. The number of rotatable bonds is 3. The van der Waals surface area contributed by atoms with Crippen LogP contribution in [0, 0.1) is 0 Å². The Hall–Kier alpha value is -2.85. The Labute approximate surface area is 177 Å². The fourth-order valence-electron chi connectivity index (χ4n) is 3.95. The van der Waals surface area contributed by atoms with Crippen molar-refractivity contribution < 1.29 is 4.42 Å². The third-order valence-electron chi connectivity index (χ3n) is 5.82. The number of anilines is 1. The van der Waals surface area contributed by atoms with Gasteiger partial charge in [0.25, 0.3) is 0 Å². The van der Waals surface area contributed by atoms with Gasteiger partial charge in [-0.3, -0.25) is 4.79 Å². The lowest BCUT2D eigenvalue weighted by molar-refractivity contribution is 0.420. The van der Waals surface area contributed by atoms with Crippen molar-refractivity contribution in [2.45, 2.75) is 25.2 Å². The molecule has 3 aromatic carbocycles. The largest absolute Gasteiger partial charge is 0.455 e. The Balaban J connectivity index is 1.77. The summed E-state index contributed by atoms with van der Waals surface area (Å²) in [5, 5.41) is 0.517. The normalized spacial score (nSPS) is 14.1. The van der Waals surface area contributed by atoms with Crippen molar-refractivity contribution in [3.63, 3.8) is 0 Å². The van der Waals surface area contributed by atoms with Crippen LogP contribution in [0.1, 0.15) is 30.7 Å². The van der Waals surface area contributed by atoms with Crippen molar-refractivity contribution in [3.05, 3.63) is 87.0 Å². The zero-order valence-corrected chi connectivity index (χ0v) is 17.4. The summed E-state index contributed by atoms with van der Waals surface area (Å²) in [5.41, 5.74) is 10.7. The van der Waals surface area contributed by atoms with Gasteiger partial charge in [0.2, 0.25) is 5.43 Å². The van der Waals surface area contributed by atoms with E-state index >= 15 is 0 Å². The summed E-state index contributed by atoms with van der Waals surface area (Å²) in [5.74, 6) is 1.23. The summed E-state index contributed by atoms with van der Waals surface area (Å²) < 4.78 is 6.95. The maximum Gasteiger partial charge on any atom is 0.201 e. The van der Waals surface area contributed by atoms with Gasteiger partial charge >= 0.3 is 0 Å². The second kappa shape index (κ2) is 7.20. The van der Waals surface area contributed by atoms with Crippen LogP contribution in [0.5, 0.6) is 0 Å². The van der Waals surface area contributed by atoms with Crippen LogP contribution in [-0.4, -0.2) is 0 Å². The Morgan fingerprint density at radius 3 is 2.31 bits per heavy atom. The standard InChI is InChI=1S/C25H20BrNO2/c26-20-13-19-22(14-21(20)27)29-25(18-5-2-1-3-6-18)23(24(19)28)17-11-9-16(10-12-17)15-7-4-8-15/h1-3,5-6,9-15H,4,7-8,27H2. The molecule has 4 aromatic rings. The predicted molar refractivity (Wildman–Crippen MR) is 122 cm³/mol. The molecule has 4 heteroatoms. The molecule has 29 heavy (non-hydrogen) atoms. The first-order valence-corrected chi connectivity index (χ1v) is 10.6. The Kier molecular flexibility index (Phi) is 4.51. The van der Waals surface area contributed by atoms with Crippen molar-refractivity contribution in [2.24, 2.45) is 0 Å². The third kappa shape index (κ3) is 3.18. The molecule has 1 aromatic heterocycles. The Morgan fingerprint density at radius 2 is 1.66 bits per heavy atom. The Morgan fingerprint density at radius 1 is 0.931 bits per heavy atom. The van der Waals surface area contributed by atoms with Gasteiger partial charge in [-0.2, -0.15) is 0 Å². The molecule has 1 saturated carbocycles. The van der Waals surface area contributed by atoms with Gasteiger partial charge in [-0.15, -0.1) is 0 Å². The average molecular weight is 446 g/mol. The van der Waals surface area contributed by atoms with Crippen molar-refractivity contribution >= 4 is 32.6 Å². The first kappa shape index (κ1) is 18.2. The van der Waals surface area contributed by atoms with Gasteiger partial charge in [0, 0.05) is 21.8 Å². The molecule has 3 nitrogen and oxygen atoms in total. The lowest BCUT2D eigenvalue weighted by Crippen LogP contribution is -2.10. The van der Waals surface area contributed by atoms with Crippen LogP contribution in [0.25, 0.3) is 33.4 Å². The molecule has 0 radical (unpaired) electrons. The molecule has 1 aliphatic carbocycles. The number of halogens is 1. The summed E-state index contributed by atoms with van der Waals surface area (Å²) in [6.45, 7) is 0. The van der Waals surface area contributed by atoms with Crippen molar-refractivity contribution in [1.29, 1.82) is 0 Å². The molecule has 2 N–H and O–H groups in total. The van der Waals surface area contributed by atoms with E-state index in [1.807, 2.05) is 42.5 Å². The molecule has 0 saturated heterocycles. The lowest BCUT2D eigenvalue weighted by Gasteiger charge is -2.25. The number of nitrogens with two attached hydrogens (primary N) is 1. The van der Waals surface area contributed by atoms with Crippen LogP contribution in [0.15, 0.2) is 80.4 Å². The summed E-state index contributed by atoms with van der Waals surface area (Å²) in [6, 6.07) is 21.6. The van der Waals surface area contributed by atoms with Crippen LogP contribution in [0.4, 0.5) is 5.69 Å². The smallest absolute Gasteiger partial charge is 0.201 e. The van der Waals surface area contributed by atoms with E-state index in [2.05, 4.69) is 28.1 Å². The second-order valence-corrected chi connectivity index (χ2v) is 8.48. The van der Waals surface area contributed by atoms with Crippen molar-refractivity contribution in [2.75, 3.05) is 5.73 Å². The van der Waals surface area contributed by atoms with E-state index in [9.17, 15) is 4.79 Å². The molecule has 0 spiro atoms. The van der Waals surface area contributed by atoms with Gasteiger partial charge in [-0.05, 0) is 51.9 Å². The lowest BCUT2D eigenvalue weighted by atomic mass is 9.80. The number of hydrogen-bond donors (Lipinski definition) is 1. The minimum absolute atomic E-state index is 0.0535. The van der Waals surface area contributed by atoms with E-state index in [1.165, 1.54) is 24.8 Å². The highest BCUT2D eigenvalue weighted by Crippen LogP contribution is 2.38. The van der Waals surface area contributed by atoms with Crippen LogP contribution < -0.4 is 11.2 Å². The van der Waals surface area contributed by atoms with Gasteiger partial charge in [0.15, 0.2) is 0 Å². The monoisotopic (exact) mass is 445 g/mol. The maximum atomic E-state index is 13.6. The van der Waals surface area contributed by atoms with Crippen LogP contribution >= 0.6 is 15.9 Å². The van der Waals surface area contributed by atoms with E-state index in [0.717, 1.165) is 11.1 Å². The first-order chi connectivity index (χ1) is 14.1. The SMILES string of the molecule is Nc1cc2oc(-c3ccccc3)c(-c3ccc(C4CCC4)cc3)c(=O)c2cc1Br. The van der Waals surface area contributed by atoms with E-state index < -0.39 is 0 Å². The quantitative estimate of drug-likeness (QED) is 0.355. The second-order valence-electron chi connectivity index (χ2n) is 7.62. The van der Waals surface area contributed by atoms with Crippen LogP contribution in [0.3, 0.4) is 0 Å². The number of benzene rings is 3. The number of fused-ring (bicyclic) bond motifs is 1. The van der Waals surface area contributed by atoms with E-state index in [1.54, 1.807) is 12.1 Å². The fourth-order valence-corrected chi connectivity index (χ4v) is 4.29. The molecule has 1 aliphatic rings. The topological polar surface area (TPSA) is 56.2 Å². The number of hydrogen-bond acceptors (Lipinski definition) is 3. The maximum absolute atomic E-state index is 13.6. The molecule has 0 bridgehead atoms. The fraction of sp³-hybridized carbons (Fsp3) is 0.160. The van der Waals surface area contributed by atoms with E-state index in [-0.39, 0.29) is 5.43 Å². The van der Waals surface area contributed by atoms with Gasteiger partial charge < -0.3 is 10.2 Å². The summed E-state index contributed by atoms with van der Waals surface area (Å²) in [6.07, 6.45) is 3.81. The highest BCUT2D eigenvalue weighted by atomic mass is 79.9. The highest BCUT2D eigenvalue weighted by Gasteiger charge is 2.21. The molecular formula is C25H20BrNO2. The predicted octanol–water partition coefficient (Wildman–Crippen LogP) is 6.74. The minimum Gasteiger partial charge on any atom is -0.455 e. The number of nitrogen functional groups attached to an aromatic ring is 1.